The lowest BCUT2D eigenvalue weighted by Gasteiger charge is -2.25. The van der Waals surface area contributed by atoms with E-state index in [2.05, 4.69) is 50.3 Å². The lowest BCUT2D eigenvalue weighted by molar-refractivity contribution is -0.870. The second-order valence-corrected chi connectivity index (χ2v) is 18.5. The fourth-order valence-corrected chi connectivity index (χ4v) is 7.14. The van der Waals surface area contributed by atoms with Gasteiger partial charge in [-0.2, -0.15) is 0 Å². The van der Waals surface area contributed by atoms with E-state index in [1.165, 1.54) is 141 Å². The number of carboxylic acid groups (broad SMARTS) is 1. The monoisotopic (exact) mass is 877 g/mol. The zero-order chi connectivity index (χ0) is 45.6. The molecule has 2 atom stereocenters. The van der Waals surface area contributed by atoms with Crippen LogP contribution in [0.4, 0.5) is 0 Å². The van der Waals surface area contributed by atoms with E-state index in [0.29, 0.717) is 17.4 Å². The first-order valence-electron chi connectivity index (χ1n) is 25.7. The minimum atomic E-state index is -1.51. The largest absolute Gasteiger partial charge is 0.477 e. The van der Waals surface area contributed by atoms with E-state index < -0.39 is 24.3 Å². The molecular weight excluding hydrogens is 779 g/mol. The lowest BCUT2D eigenvalue weighted by Crippen LogP contribution is -2.40. The summed E-state index contributed by atoms with van der Waals surface area (Å²) in [5.74, 6) is -2.00. The van der Waals surface area contributed by atoms with Crippen LogP contribution in [0.5, 0.6) is 0 Å². The van der Waals surface area contributed by atoms with Gasteiger partial charge in [0.2, 0.25) is 0 Å². The van der Waals surface area contributed by atoms with Gasteiger partial charge in [0.05, 0.1) is 34.4 Å². The Hall–Kier alpha value is -2.49. The summed E-state index contributed by atoms with van der Waals surface area (Å²) in [7, 11) is 5.96. The Morgan fingerprint density at radius 3 is 1.29 bits per heavy atom. The summed E-state index contributed by atoms with van der Waals surface area (Å²) in [4.78, 5) is 37.2. The fourth-order valence-electron chi connectivity index (χ4n) is 7.14. The van der Waals surface area contributed by atoms with E-state index in [1.54, 1.807) is 0 Å². The number of quaternary nitrogens is 1. The lowest BCUT2D eigenvalue weighted by atomic mass is 10.0. The van der Waals surface area contributed by atoms with Crippen LogP contribution < -0.4 is 0 Å². The maximum atomic E-state index is 12.8. The van der Waals surface area contributed by atoms with Gasteiger partial charge in [-0.25, -0.2) is 4.79 Å². The number of allylic oxidation sites excluding steroid dienone is 6. The zero-order valence-corrected chi connectivity index (χ0v) is 41.0. The molecule has 0 bridgehead atoms. The molecule has 0 radical (unpaired) electrons. The molecule has 62 heavy (non-hydrogen) atoms. The molecule has 0 fully saturated rings. The number of carbonyl (C=O) groups is 3. The summed E-state index contributed by atoms with van der Waals surface area (Å²) in [6, 6.07) is 0. The minimum absolute atomic E-state index is 0.181. The molecule has 0 aliphatic heterocycles. The zero-order valence-electron chi connectivity index (χ0n) is 41.0. The van der Waals surface area contributed by atoms with Crippen molar-refractivity contribution in [2.75, 3.05) is 47.5 Å². The Kier molecular flexibility index (Phi) is 43.3. The van der Waals surface area contributed by atoms with Gasteiger partial charge >= 0.3 is 17.9 Å². The van der Waals surface area contributed by atoms with Crippen molar-refractivity contribution in [1.29, 1.82) is 0 Å². The van der Waals surface area contributed by atoms with E-state index in [-0.39, 0.29) is 32.2 Å². The minimum Gasteiger partial charge on any atom is -0.477 e. The average Bonchev–Trinajstić information content (AvgIpc) is 3.23. The van der Waals surface area contributed by atoms with E-state index in [9.17, 15) is 19.5 Å². The molecule has 0 aromatic heterocycles. The summed E-state index contributed by atoms with van der Waals surface area (Å²) in [6.45, 7) is 4.87. The smallest absolute Gasteiger partial charge is 0.361 e. The molecule has 0 saturated carbocycles. The fraction of sp³-hybridized carbons (Fsp3) is 0.830. The molecule has 9 heteroatoms. The van der Waals surface area contributed by atoms with E-state index in [1.807, 2.05) is 21.1 Å². The molecule has 362 valence electrons. The number of likely N-dealkylation sites (N-methyl/N-ethyl adjacent to an activating group) is 1. The number of rotatable bonds is 47. The van der Waals surface area contributed by atoms with Crippen LogP contribution in [0.3, 0.4) is 0 Å². The van der Waals surface area contributed by atoms with Gasteiger partial charge < -0.3 is 28.5 Å². The topological polar surface area (TPSA) is 108 Å². The molecule has 0 aromatic carbocycles. The summed E-state index contributed by atoms with van der Waals surface area (Å²) >= 11 is 0. The number of aliphatic carboxylic acids is 1. The van der Waals surface area contributed by atoms with Gasteiger partial charge in [-0.15, -0.1) is 0 Å². The van der Waals surface area contributed by atoms with Crippen LogP contribution in [0, 0.1) is 0 Å². The third-order valence-electron chi connectivity index (χ3n) is 11.1. The number of hydrogen-bond acceptors (Lipinski definition) is 7. The van der Waals surface area contributed by atoms with Gasteiger partial charge in [-0.1, -0.05) is 198 Å². The van der Waals surface area contributed by atoms with E-state index in [4.69, 9.17) is 18.9 Å². The van der Waals surface area contributed by atoms with Crippen molar-refractivity contribution in [1.82, 2.24) is 0 Å². The highest BCUT2D eigenvalue weighted by Gasteiger charge is 2.25. The van der Waals surface area contributed by atoms with Gasteiger partial charge in [-0.05, 0) is 51.4 Å². The van der Waals surface area contributed by atoms with Crippen LogP contribution in [0.25, 0.3) is 0 Å². The Balaban J connectivity index is 4.27. The Bertz CT molecular complexity index is 1110. The van der Waals surface area contributed by atoms with Gasteiger partial charge in [0.15, 0.2) is 6.10 Å². The van der Waals surface area contributed by atoms with Gasteiger partial charge in [-0.3, -0.25) is 9.59 Å². The molecule has 0 amide bonds. The molecule has 0 aromatic rings. The summed E-state index contributed by atoms with van der Waals surface area (Å²) in [6.07, 6.45) is 49.2. The molecular formula is C53H98NO8+. The van der Waals surface area contributed by atoms with Crippen molar-refractivity contribution in [3.63, 3.8) is 0 Å². The highest BCUT2D eigenvalue weighted by molar-refractivity contribution is 5.71. The van der Waals surface area contributed by atoms with Crippen LogP contribution in [0.1, 0.15) is 226 Å². The number of nitrogens with zero attached hydrogens (tertiary/aromatic N) is 1. The van der Waals surface area contributed by atoms with Crippen LogP contribution in [0.15, 0.2) is 36.5 Å². The van der Waals surface area contributed by atoms with Crippen molar-refractivity contribution < 1.29 is 42.9 Å². The third-order valence-corrected chi connectivity index (χ3v) is 11.1. The van der Waals surface area contributed by atoms with Crippen LogP contribution in [-0.2, 0) is 33.3 Å². The number of ether oxygens (including phenoxy) is 4. The highest BCUT2D eigenvalue weighted by Crippen LogP contribution is 2.15. The third kappa shape index (κ3) is 45.5. The normalized spacial score (nSPS) is 13.1. The average molecular weight is 877 g/mol. The first kappa shape index (κ1) is 59.5. The maximum Gasteiger partial charge on any atom is 0.361 e. The second-order valence-electron chi connectivity index (χ2n) is 18.5. The molecule has 0 saturated heterocycles. The molecule has 0 heterocycles. The number of carboxylic acids is 1. The summed E-state index contributed by atoms with van der Waals surface area (Å²) in [5, 5.41) is 9.66. The molecule has 0 spiro atoms. The van der Waals surface area contributed by atoms with Gasteiger partial charge in [0.1, 0.15) is 13.2 Å². The SMILES string of the molecule is CCCCCCC/C=C\C/C=C\C/C=C\CCCCCCCCCCCCC(=O)OC(COC(=O)CCCCCCCCCCCCCC)COC(OCC[N+](C)(C)C)C(=O)O. The molecule has 0 aliphatic carbocycles. The van der Waals surface area contributed by atoms with Crippen LogP contribution >= 0.6 is 0 Å². The molecule has 1 N–H and O–H groups in total. The van der Waals surface area contributed by atoms with Crippen molar-refractivity contribution >= 4 is 17.9 Å². The van der Waals surface area contributed by atoms with Crippen molar-refractivity contribution in [2.45, 2.75) is 238 Å². The van der Waals surface area contributed by atoms with Crippen molar-refractivity contribution in [3.05, 3.63) is 36.5 Å². The maximum absolute atomic E-state index is 12.8. The Morgan fingerprint density at radius 1 is 0.484 bits per heavy atom. The summed E-state index contributed by atoms with van der Waals surface area (Å²) in [5.41, 5.74) is 0. The highest BCUT2D eigenvalue weighted by atomic mass is 16.7. The van der Waals surface area contributed by atoms with Gasteiger partial charge in [0.25, 0.3) is 6.29 Å². The van der Waals surface area contributed by atoms with Crippen molar-refractivity contribution in [3.8, 4) is 0 Å². The van der Waals surface area contributed by atoms with Crippen LogP contribution in [-0.4, -0.2) is 87.4 Å². The first-order chi connectivity index (χ1) is 30.1. The Morgan fingerprint density at radius 2 is 0.871 bits per heavy atom. The van der Waals surface area contributed by atoms with Crippen molar-refractivity contribution in [2.24, 2.45) is 0 Å². The predicted octanol–water partition coefficient (Wildman–Crippen LogP) is 14.2. The molecule has 0 rings (SSSR count). The van der Waals surface area contributed by atoms with Crippen LogP contribution in [0.2, 0.25) is 0 Å². The number of hydrogen-bond donors (Lipinski definition) is 1. The quantitative estimate of drug-likeness (QED) is 0.0212. The molecule has 2 unspecified atom stereocenters. The number of unbranched alkanes of at least 4 members (excludes halogenated alkanes) is 26. The predicted molar refractivity (Wildman–Crippen MR) is 258 cm³/mol. The number of esters is 2. The summed E-state index contributed by atoms with van der Waals surface area (Å²) < 4.78 is 22.8. The first-order valence-corrected chi connectivity index (χ1v) is 25.7. The van der Waals surface area contributed by atoms with E-state index >= 15 is 0 Å². The molecule has 0 aliphatic rings. The van der Waals surface area contributed by atoms with E-state index in [0.717, 1.165) is 57.8 Å². The number of carbonyl (C=O) groups excluding carboxylic acids is 2. The Labute approximate surface area is 381 Å². The van der Waals surface area contributed by atoms with Gasteiger partial charge in [0, 0.05) is 12.8 Å². The molecule has 9 nitrogen and oxygen atoms in total. The standard InChI is InChI=1S/C53H97NO8/c1-6-8-10-12-14-16-18-20-21-22-23-24-25-26-27-28-29-30-31-32-34-36-38-40-42-44-51(56)62-49(48-61-53(52(57)58)59-46-45-54(3,4)5)47-60-50(55)43-41-39-37-35-33-19-17-15-13-11-9-7-2/h18,20,22-23,25-26,49,53H,6-17,19,21,24,27-48H2,1-5H3/p+1/b20-18-,23-22-,26-25-. The second kappa shape index (κ2) is 45.1.